The van der Waals surface area contributed by atoms with Crippen LogP contribution in [-0.2, 0) is 19.6 Å². The fourth-order valence-corrected chi connectivity index (χ4v) is 2.77. The van der Waals surface area contributed by atoms with Crippen LogP contribution in [0.15, 0.2) is 33.9 Å². The highest BCUT2D eigenvalue weighted by Crippen LogP contribution is 2.04. The monoisotopic (exact) mass is 335 g/mol. The van der Waals surface area contributed by atoms with E-state index in [0.29, 0.717) is 19.0 Å². The van der Waals surface area contributed by atoms with E-state index in [-0.39, 0.29) is 29.5 Å². The Morgan fingerprint density at radius 3 is 2.30 bits per heavy atom. The van der Waals surface area contributed by atoms with Gasteiger partial charge in [-0.2, -0.15) is 0 Å². The maximum atomic E-state index is 12.0. The van der Waals surface area contributed by atoms with Crippen LogP contribution in [0.1, 0.15) is 11.1 Å². The maximum Gasteiger partial charge on any atom is 0.341 e. The molecule has 0 aliphatic rings. The molecule has 110 valence electrons. The lowest BCUT2D eigenvalue weighted by atomic mass is 10.1. The van der Waals surface area contributed by atoms with Crippen molar-refractivity contribution >= 4 is 35.5 Å². The van der Waals surface area contributed by atoms with E-state index in [1.165, 1.54) is 8.52 Å². The van der Waals surface area contributed by atoms with Crippen molar-refractivity contribution in [1.29, 1.82) is 0 Å². The molecule has 0 fully saturated rings. The van der Waals surface area contributed by atoms with Crippen molar-refractivity contribution in [3.05, 3.63) is 55.5 Å². The fraction of sp³-hybridized carbons (Fsp3) is 0.333. The van der Waals surface area contributed by atoms with Crippen molar-refractivity contribution in [3.8, 4) is 0 Å². The van der Waals surface area contributed by atoms with Gasteiger partial charge in [0.2, 0.25) is 0 Å². The Bertz CT molecular complexity index is 661. The molecular weight excluding hydrogens is 321 g/mol. The van der Waals surface area contributed by atoms with E-state index in [0.717, 1.165) is 22.7 Å². The zero-order valence-electron chi connectivity index (χ0n) is 10.6. The fourth-order valence-electron chi connectivity index (χ4n) is 1.71. The van der Waals surface area contributed by atoms with E-state index in [9.17, 15) is 9.59 Å². The van der Waals surface area contributed by atoms with E-state index in [1.807, 2.05) is 24.3 Å². The van der Waals surface area contributed by atoms with Crippen molar-refractivity contribution in [2.24, 2.45) is 5.73 Å². The van der Waals surface area contributed by atoms with Crippen LogP contribution < -0.4 is 16.3 Å². The summed E-state index contributed by atoms with van der Waals surface area (Å²) in [5.41, 5.74) is 7.12. The minimum absolute atomic E-state index is 0. The molecule has 0 radical (unpaired) electrons. The molecule has 0 atom stereocenters. The third-order valence-electron chi connectivity index (χ3n) is 2.74. The first-order valence-electron chi connectivity index (χ1n) is 5.80. The van der Waals surface area contributed by atoms with Gasteiger partial charge in [-0.25, -0.2) is 13.3 Å². The Morgan fingerprint density at radius 2 is 1.75 bits per heavy atom. The van der Waals surface area contributed by atoms with E-state index >= 15 is 0 Å². The standard InChI is InChI=1S/C12H14ClN3O2S.ClH/c13-5-6-16-11(17)15(12(18)19-16)8-10-3-1-9(7-14)2-4-10;/h1-4H,5-8,14H2;1H. The molecule has 0 aliphatic carbocycles. The molecule has 1 aromatic carbocycles. The molecule has 0 saturated heterocycles. The number of nitrogens with zero attached hydrogens (tertiary/aromatic N) is 2. The first-order valence-corrected chi connectivity index (χ1v) is 7.11. The molecule has 0 saturated carbocycles. The molecule has 2 rings (SSSR count). The van der Waals surface area contributed by atoms with Gasteiger partial charge in [-0.05, 0) is 11.1 Å². The largest absolute Gasteiger partial charge is 0.341 e. The predicted molar refractivity (Wildman–Crippen MR) is 84.2 cm³/mol. The number of rotatable bonds is 5. The van der Waals surface area contributed by atoms with Crippen LogP contribution in [0.25, 0.3) is 0 Å². The molecule has 2 aromatic rings. The Balaban J connectivity index is 0.00000200. The number of hydrogen-bond donors (Lipinski definition) is 1. The number of alkyl halides is 1. The van der Waals surface area contributed by atoms with Gasteiger partial charge in [0.15, 0.2) is 0 Å². The number of nitrogens with two attached hydrogens (primary N) is 1. The SMILES string of the molecule is Cl.NCc1ccc(Cn2c(=O)sn(CCCl)c2=O)cc1. The zero-order valence-corrected chi connectivity index (χ0v) is 13.0. The highest BCUT2D eigenvalue weighted by molar-refractivity contribution is 7.03. The van der Waals surface area contributed by atoms with Gasteiger partial charge in [0, 0.05) is 24.0 Å². The lowest BCUT2D eigenvalue weighted by molar-refractivity contribution is 0.676. The zero-order chi connectivity index (χ0) is 13.8. The summed E-state index contributed by atoms with van der Waals surface area (Å²) in [6.45, 7) is 1.11. The van der Waals surface area contributed by atoms with E-state index < -0.39 is 0 Å². The summed E-state index contributed by atoms with van der Waals surface area (Å²) < 4.78 is 2.60. The average molecular weight is 336 g/mol. The molecule has 8 heteroatoms. The van der Waals surface area contributed by atoms with Gasteiger partial charge in [0.1, 0.15) is 0 Å². The van der Waals surface area contributed by atoms with E-state index in [1.54, 1.807) is 0 Å². The highest BCUT2D eigenvalue weighted by Gasteiger charge is 2.09. The topological polar surface area (TPSA) is 70.0 Å². The van der Waals surface area contributed by atoms with Crippen molar-refractivity contribution < 1.29 is 0 Å². The van der Waals surface area contributed by atoms with E-state index in [2.05, 4.69) is 0 Å². The number of benzene rings is 1. The van der Waals surface area contributed by atoms with Crippen LogP contribution in [0.3, 0.4) is 0 Å². The number of aryl methyl sites for hydroxylation is 1. The Morgan fingerprint density at radius 1 is 1.15 bits per heavy atom. The third-order valence-corrected chi connectivity index (χ3v) is 3.84. The van der Waals surface area contributed by atoms with Crippen LogP contribution in [0, 0.1) is 0 Å². The van der Waals surface area contributed by atoms with Crippen molar-refractivity contribution in [2.75, 3.05) is 5.88 Å². The second kappa shape index (κ2) is 7.64. The summed E-state index contributed by atoms with van der Waals surface area (Å²) in [5.74, 6) is 0.311. The lowest BCUT2D eigenvalue weighted by Crippen LogP contribution is -2.29. The molecule has 1 heterocycles. The first-order chi connectivity index (χ1) is 9.15. The molecule has 0 bridgehead atoms. The highest BCUT2D eigenvalue weighted by atomic mass is 35.5. The van der Waals surface area contributed by atoms with Crippen LogP contribution in [0.4, 0.5) is 0 Å². The Kier molecular flexibility index (Phi) is 6.48. The summed E-state index contributed by atoms with van der Waals surface area (Å²) in [4.78, 5) is 23.5. The molecule has 2 N–H and O–H groups in total. The van der Waals surface area contributed by atoms with Crippen LogP contribution in [0.5, 0.6) is 0 Å². The average Bonchev–Trinajstić information content (AvgIpc) is 2.68. The molecule has 0 amide bonds. The maximum absolute atomic E-state index is 12.0. The van der Waals surface area contributed by atoms with Crippen LogP contribution in [0.2, 0.25) is 0 Å². The van der Waals surface area contributed by atoms with Gasteiger partial charge in [0.25, 0.3) is 0 Å². The van der Waals surface area contributed by atoms with Gasteiger partial charge >= 0.3 is 10.6 Å². The molecule has 5 nitrogen and oxygen atoms in total. The Hall–Kier alpha value is -1.08. The van der Waals surface area contributed by atoms with Crippen molar-refractivity contribution in [1.82, 2.24) is 8.52 Å². The summed E-state index contributed by atoms with van der Waals surface area (Å²) in [6.07, 6.45) is 0. The predicted octanol–water partition coefficient (Wildman–Crippen LogP) is 1.24. The molecule has 0 aliphatic heterocycles. The molecule has 1 aromatic heterocycles. The summed E-state index contributed by atoms with van der Waals surface area (Å²) in [5, 5.41) is 0. The molecular formula is C12H15Cl2N3O2S. The first kappa shape index (κ1) is 17.0. The Labute approximate surface area is 131 Å². The summed E-state index contributed by atoms with van der Waals surface area (Å²) in [6, 6.07) is 7.53. The van der Waals surface area contributed by atoms with Gasteiger partial charge in [0.05, 0.1) is 13.1 Å². The van der Waals surface area contributed by atoms with E-state index in [4.69, 9.17) is 17.3 Å². The molecule has 0 spiro atoms. The minimum Gasteiger partial charge on any atom is -0.326 e. The summed E-state index contributed by atoms with van der Waals surface area (Å²) in [7, 11) is 0. The smallest absolute Gasteiger partial charge is 0.326 e. The quantitative estimate of drug-likeness (QED) is 0.835. The normalized spacial score (nSPS) is 10.3. The van der Waals surface area contributed by atoms with Crippen LogP contribution >= 0.6 is 35.5 Å². The van der Waals surface area contributed by atoms with Crippen LogP contribution in [-0.4, -0.2) is 14.4 Å². The second-order valence-corrected chi connectivity index (χ2v) is 5.39. The van der Waals surface area contributed by atoms with Gasteiger partial charge < -0.3 is 5.73 Å². The van der Waals surface area contributed by atoms with Gasteiger partial charge in [-0.3, -0.25) is 4.79 Å². The number of aromatic nitrogens is 2. The third kappa shape index (κ3) is 3.73. The lowest BCUT2D eigenvalue weighted by Gasteiger charge is -2.02. The number of halogens is 2. The van der Waals surface area contributed by atoms with Crippen molar-refractivity contribution in [2.45, 2.75) is 19.6 Å². The van der Waals surface area contributed by atoms with Gasteiger partial charge in [-0.15, -0.1) is 24.0 Å². The molecule has 20 heavy (non-hydrogen) atoms. The number of hydrogen-bond acceptors (Lipinski definition) is 4. The summed E-state index contributed by atoms with van der Waals surface area (Å²) >= 11 is 6.49. The minimum atomic E-state index is -0.307. The van der Waals surface area contributed by atoms with Crippen molar-refractivity contribution in [3.63, 3.8) is 0 Å². The molecule has 0 unspecified atom stereocenters. The second-order valence-electron chi connectivity index (χ2n) is 4.04. The van der Waals surface area contributed by atoms with Gasteiger partial charge in [-0.1, -0.05) is 24.3 Å².